The van der Waals surface area contributed by atoms with Crippen LogP contribution in [0.4, 0.5) is 10.5 Å². The average Bonchev–Trinajstić information content (AvgIpc) is 2.38. The van der Waals surface area contributed by atoms with E-state index in [-0.39, 0.29) is 11.9 Å². The van der Waals surface area contributed by atoms with E-state index in [4.69, 9.17) is 0 Å². The molecule has 19 heavy (non-hydrogen) atoms. The molecule has 0 unspecified atom stereocenters. The van der Waals surface area contributed by atoms with Gasteiger partial charge in [-0.25, -0.2) is 4.79 Å². The Labute approximate surface area is 117 Å². The summed E-state index contributed by atoms with van der Waals surface area (Å²) in [5.41, 5.74) is 1.55. The van der Waals surface area contributed by atoms with Crippen molar-refractivity contribution in [1.82, 2.24) is 10.3 Å². The summed E-state index contributed by atoms with van der Waals surface area (Å²) in [6, 6.07) is 7.19. The van der Waals surface area contributed by atoms with Gasteiger partial charge in [-0.2, -0.15) is 0 Å². The molecule has 3 rings (SSSR count). The number of hydrogen-bond acceptors (Lipinski definition) is 3. The van der Waals surface area contributed by atoms with Gasteiger partial charge in [0.2, 0.25) is 5.91 Å². The van der Waals surface area contributed by atoms with Gasteiger partial charge in [0, 0.05) is 34.7 Å². The Morgan fingerprint density at radius 2 is 2.11 bits per heavy atom. The quantitative estimate of drug-likeness (QED) is 0.878. The second-order valence-electron chi connectivity index (χ2n) is 4.29. The van der Waals surface area contributed by atoms with Crippen molar-refractivity contribution in [3.63, 3.8) is 0 Å². The van der Waals surface area contributed by atoms with Gasteiger partial charge in [0.15, 0.2) is 0 Å². The summed E-state index contributed by atoms with van der Waals surface area (Å²) in [5, 5.41) is 3.30. The number of anilines is 1. The lowest BCUT2D eigenvalue weighted by Crippen LogP contribution is -2.49. The molecule has 5 nitrogen and oxygen atoms in total. The van der Waals surface area contributed by atoms with Crippen molar-refractivity contribution in [3.05, 3.63) is 34.9 Å². The number of nitrogens with one attached hydrogen (secondary N) is 1. The fourth-order valence-corrected chi connectivity index (χ4v) is 2.41. The number of aromatic nitrogens is 1. The van der Waals surface area contributed by atoms with Gasteiger partial charge in [0.1, 0.15) is 0 Å². The van der Waals surface area contributed by atoms with E-state index < -0.39 is 0 Å². The first-order valence-electron chi connectivity index (χ1n) is 5.80. The number of carbonyl (C=O) groups excluding carboxylic acids is 2. The van der Waals surface area contributed by atoms with Crippen LogP contribution < -0.4 is 10.2 Å². The predicted octanol–water partition coefficient (Wildman–Crippen LogP) is 2.44. The molecule has 1 aromatic heterocycles. The first-order valence-corrected chi connectivity index (χ1v) is 6.59. The number of halogens is 1. The molecular formula is C13H10BrN3O2. The Morgan fingerprint density at radius 3 is 2.89 bits per heavy atom. The molecule has 1 aromatic carbocycles. The maximum absolute atomic E-state index is 11.8. The van der Waals surface area contributed by atoms with Gasteiger partial charge in [-0.3, -0.25) is 20.0 Å². The lowest BCUT2D eigenvalue weighted by atomic mass is 10.2. The van der Waals surface area contributed by atoms with Crippen LogP contribution in [0.5, 0.6) is 0 Å². The molecule has 0 bridgehead atoms. The number of urea groups is 1. The molecule has 96 valence electrons. The van der Waals surface area contributed by atoms with Crippen molar-refractivity contribution in [1.29, 1.82) is 0 Å². The zero-order chi connectivity index (χ0) is 13.4. The van der Waals surface area contributed by atoms with Crippen LogP contribution >= 0.6 is 15.9 Å². The molecule has 1 aliphatic rings. The Kier molecular flexibility index (Phi) is 2.94. The highest BCUT2D eigenvalue weighted by molar-refractivity contribution is 9.10. The third-order valence-electron chi connectivity index (χ3n) is 3.00. The summed E-state index contributed by atoms with van der Waals surface area (Å²) in [5.74, 6) is -0.232. The number of fused-ring (bicyclic) bond motifs is 1. The third kappa shape index (κ3) is 2.31. The van der Waals surface area contributed by atoms with E-state index in [0.29, 0.717) is 13.0 Å². The number of benzene rings is 1. The van der Waals surface area contributed by atoms with Crippen LogP contribution in [0.25, 0.3) is 10.9 Å². The highest BCUT2D eigenvalue weighted by Crippen LogP contribution is 2.24. The molecule has 0 spiro atoms. The minimum absolute atomic E-state index is 0.232. The fraction of sp³-hybridized carbons (Fsp3) is 0.154. The van der Waals surface area contributed by atoms with E-state index in [1.807, 2.05) is 24.3 Å². The molecule has 2 heterocycles. The monoisotopic (exact) mass is 319 g/mol. The van der Waals surface area contributed by atoms with Crippen molar-refractivity contribution in [2.75, 3.05) is 11.4 Å². The highest BCUT2D eigenvalue weighted by Gasteiger charge is 2.24. The minimum Gasteiger partial charge on any atom is -0.294 e. The number of nitrogens with zero attached hydrogens (tertiary/aromatic N) is 2. The van der Waals surface area contributed by atoms with E-state index >= 15 is 0 Å². The molecule has 0 aliphatic carbocycles. The summed E-state index contributed by atoms with van der Waals surface area (Å²) in [6.07, 6.45) is 2.03. The standard InChI is InChI=1S/C13H10BrN3O2/c14-9-5-8-1-2-10(6-11(8)15-7-9)17-4-3-12(18)16-13(17)19/h1-2,5-7H,3-4H2,(H,16,18,19). The molecular weight excluding hydrogens is 310 g/mol. The summed E-state index contributed by atoms with van der Waals surface area (Å²) in [6.45, 7) is 0.396. The van der Waals surface area contributed by atoms with Crippen LogP contribution in [-0.2, 0) is 4.79 Å². The molecule has 6 heteroatoms. The van der Waals surface area contributed by atoms with E-state index in [2.05, 4.69) is 26.2 Å². The number of pyridine rings is 1. The van der Waals surface area contributed by atoms with Gasteiger partial charge >= 0.3 is 6.03 Å². The topological polar surface area (TPSA) is 62.3 Å². The lowest BCUT2D eigenvalue weighted by Gasteiger charge is -2.26. The first kappa shape index (κ1) is 12.1. The van der Waals surface area contributed by atoms with Crippen molar-refractivity contribution in [2.24, 2.45) is 0 Å². The molecule has 3 amide bonds. The van der Waals surface area contributed by atoms with Crippen LogP contribution in [0.3, 0.4) is 0 Å². The number of hydrogen-bond donors (Lipinski definition) is 1. The summed E-state index contributed by atoms with van der Waals surface area (Å²) < 4.78 is 0.911. The van der Waals surface area contributed by atoms with E-state index in [0.717, 1.165) is 21.1 Å². The molecule has 0 saturated carbocycles. The molecule has 1 fully saturated rings. The lowest BCUT2D eigenvalue weighted by molar-refractivity contribution is -0.120. The predicted molar refractivity (Wildman–Crippen MR) is 74.9 cm³/mol. The minimum atomic E-state index is -0.382. The Hall–Kier alpha value is -1.95. The fourth-order valence-electron chi connectivity index (χ4n) is 2.06. The Bertz CT molecular complexity index is 687. The zero-order valence-electron chi connectivity index (χ0n) is 9.89. The Balaban J connectivity index is 1.99. The SMILES string of the molecule is O=C1CCN(c2ccc3cc(Br)cnc3c2)C(=O)N1. The van der Waals surface area contributed by atoms with Crippen LogP contribution in [0.15, 0.2) is 34.9 Å². The summed E-state index contributed by atoms with van der Waals surface area (Å²) in [7, 11) is 0. The molecule has 1 saturated heterocycles. The van der Waals surface area contributed by atoms with Gasteiger partial charge in [-0.1, -0.05) is 6.07 Å². The van der Waals surface area contributed by atoms with E-state index in [1.165, 1.54) is 0 Å². The van der Waals surface area contributed by atoms with Crippen LogP contribution in [0.2, 0.25) is 0 Å². The second kappa shape index (κ2) is 4.62. The van der Waals surface area contributed by atoms with Crippen molar-refractivity contribution < 1.29 is 9.59 Å². The van der Waals surface area contributed by atoms with E-state index in [9.17, 15) is 9.59 Å². The van der Waals surface area contributed by atoms with Crippen molar-refractivity contribution >= 4 is 44.5 Å². The summed E-state index contributed by atoms with van der Waals surface area (Å²) >= 11 is 3.37. The molecule has 2 aromatic rings. The van der Waals surface area contributed by atoms with Gasteiger partial charge in [-0.15, -0.1) is 0 Å². The zero-order valence-corrected chi connectivity index (χ0v) is 11.5. The smallest absolute Gasteiger partial charge is 0.294 e. The summed E-state index contributed by atoms with van der Waals surface area (Å²) in [4.78, 5) is 28.7. The van der Waals surface area contributed by atoms with Gasteiger partial charge in [-0.05, 0) is 34.1 Å². The van der Waals surface area contributed by atoms with Gasteiger partial charge in [0.05, 0.1) is 5.52 Å². The largest absolute Gasteiger partial charge is 0.328 e. The van der Waals surface area contributed by atoms with E-state index in [1.54, 1.807) is 11.1 Å². The Morgan fingerprint density at radius 1 is 1.26 bits per heavy atom. The maximum atomic E-state index is 11.8. The van der Waals surface area contributed by atoms with Crippen LogP contribution in [-0.4, -0.2) is 23.5 Å². The van der Waals surface area contributed by atoms with Crippen molar-refractivity contribution in [2.45, 2.75) is 6.42 Å². The number of imide groups is 1. The van der Waals surface area contributed by atoms with Crippen molar-refractivity contribution in [3.8, 4) is 0 Å². The van der Waals surface area contributed by atoms with Crippen LogP contribution in [0, 0.1) is 0 Å². The molecule has 0 radical (unpaired) electrons. The normalized spacial score (nSPS) is 15.7. The third-order valence-corrected chi connectivity index (χ3v) is 3.43. The number of rotatable bonds is 1. The average molecular weight is 320 g/mol. The molecule has 1 N–H and O–H groups in total. The van der Waals surface area contributed by atoms with Gasteiger partial charge in [0.25, 0.3) is 0 Å². The second-order valence-corrected chi connectivity index (χ2v) is 5.20. The maximum Gasteiger partial charge on any atom is 0.328 e. The molecule has 1 aliphatic heterocycles. The highest BCUT2D eigenvalue weighted by atomic mass is 79.9. The number of amides is 3. The molecule has 0 atom stereocenters. The number of carbonyl (C=O) groups is 2. The van der Waals surface area contributed by atoms with Gasteiger partial charge < -0.3 is 0 Å². The van der Waals surface area contributed by atoms with Crippen LogP contribution in [0.1, 0.15) is 6.42 Å². The first-order chi connectivity index (χ1) is 9.13.